The fourth-order valence-electron chi connectivity index (χ4n) is 5.45. The van der Waals surface area contributed by atoms with Crippen molar-refractivity contribution in [1.29, 1.82) is 0 Å². The smallest absolute Gasteiger partial charge is 0.338 e. The number of carbonyl (C=O) groups excluding carboxylic acids is 1. The van der Waals surface area contributed by atoms with Crippen molar-refractivity contribution in [2.45, 2.75) is 72.1 Å². The maximum absolute atomic E-state index is 12.6. The molecule has 0 unspecified atom stereocenters. The molecular formula is C36H47N3O4S. The van der Waals surface area contributed by atoms with Gasteiger partial charge in [-0.3, -0.25) is 4.72 Å². The van der Waals surface area contributed by atoms with Crippen molar-refractivity contribution in [2.75, 3.05) is 30.7 Å². The summed E-state index contributed by atoms with van der Waals surface area (Å²) in [7, 11) is -3.27. The number of hydrogen-bond donors (Lipinski definition) is 3. The van der Waals surface area contributed by atoms with Gasteiger partial charge in [0.2, 0.25) is 10.0 Å². The van der Waals surface area contributed by atoms with Gasteiger partial charge in [0.05, 0.1) is 18.4 Å². The second-order valence-corrected chi connectivity index (χ2v) is 13.9. The quantitative estimate of drug-likeness (QED) is 0.0934. The zero-order chi connectivity index (χ0) is 31.9. The molecule has 4 rings (SSSR count). The minimum atomic E-state index is -3.27. The standard InChI is InChI=1S/C36H47N3O4S/c1-7-43-36(40)27-13-16-34-33(23-27)32(35(38-34)30-21-28(24(2)3)20-29(22-30)25(4)5)17-19-37-18-9-8-10-26-11-14-31(15-12-26)39-44(6,41)42/h11-16,20-25,37-39H,7-10,17-19H2,1-6H3. The molecule has 0 saturated carbocycles. The van der Waals surface area contributed by atoms with Crippen LogP contribution in [0.3, 0.4) is 0 Å². The summed E-state index contributed by atoms with van der Waals surface area (Å²) in [6, 6.07) is 20.3. The van der Waals surface area contributed by atoms with E-state index in [1.165, 1.54) is 27.8 Å². The summed E-state index contributed by atoms with van der Waals surface area (Å²) in [6.07, 6.45) is 4.98. The highest BCUT2D eigenvalue weighted by molar-refractivity contribution is 7.92. The van der Waals surface area contributed by atoms with E-state index in [1.54, 1.807) is 0 Å². The number of rotatable bonds is 15. The van der Waals surface area contributed by atoms with Gasteiger partial charge >= 0.3 is 5.97 Å². The number of anilines is 1. The van der Waals surface area contributed by atoms with Gasteiger partial charge in [-0.05, 0) is 128 Å². The highest BCUT2D eigenvalue weighted by Crippen LogP contribution is 2.35. The Kier molecular flexibility index (Phi) is 11.3. The van der Waals surface area contributed by atoms with Crippen LogP contribution in [-0.2, 0) is 27.6 Å². The van der Waals surface area contributed by atoms with E-state index in [0.29, 0.717) is 29.7 Å². The third kappa shape index (κ3) is 8.96. The monoisotopic (exact) mass is 617 g/mol. The minimum Gasteiger partial charge on any atom is -0.462 e. The molecule has 1 aromatic heterocycles. The summed E-state index contributed by atoms with van der Waals surface area (Å²) >= 11 is 0. The molecule has 0 aliphatic carbocycles. The van der Waals surface area contributed by atoms with Gasteiger partial charge in [0.25, 0.3) is 0 Å². The average molecular weight is 618 g/mol. The number of H-pyrrole nitrogens is 1. The summed E-state index contributed by atoms with van der Waals surface area (Å²) in [5, 5.41) is 4.68. The van der Waals surface area contributed by atoms with E-state index in [9.17, 15) is 13.2 Å². The molecule has 0 radical (unpaired) electrons. The number of aromatic nitrogens is 1. The molecule has 4 aromatic rings. The molecule has 1 heterocycles. The number of benzene rings is 3. The Labute approximate surface area is 262 Å². The number of aryl methyl sites for hydroxylation is 1. The second-order valence-electron chi connectivity index (χ2n) is 12.2. The molecule has 0 amide bonds. The third-order valence-corrected chi connectivity index (χ3v) is 8.50. The van der Waals surface area contributed by atoms with Crippen LogP contribution in [0.25, 0.3) is 22.2 Å². The summed E-state index contributed by atoms with van der Waals surface area (Å²) in [5.41, 5.74) is 9.50. The average Bonchev–Trinajstić information content (AvgIpc) is 3.34. The van der Waals surface area contributed by atoms with Crippen molar-refractivity contribution >= 4 is 32.6 Å². The van der Waals surface area contributed by atoms with E-state index in [1.807, 2.05) is 49.4 Å². The Morgan fingerprint density at radius 2 is 1.55 bits per heavy atom. The molecule has 0 bridgehead atoms. The van der Waals surface area contributed by atoms with Crippen LogP contribution >= 0.6 is 0 Å². The van der Waals surface area contributed by atoms with Gasteiger partial charge in [-0.1, -0.05) is 45.9 Å². The van der Waals surface area contributed by atoms with Crippen molar-refractivity contribution in [3.63, 3.8) is 0 Å². The number of aromatic amines is 1. The molecule has 236 valence electrons. The Balaban J connectivity index is 1.47. The Morgan fingerprint density at radius 1 is 0.864 bits per heavy atom. The van der Waals surface area contributed by atoms with E-state index in [0.717, 1.165) is 61.6 Å². The SMILES string of the molecule is CCOC(=O)c1ccc2[nH]c(-c3cc(C(C)C)cc(C(C)C)c3)c(CCNCCCCc3ccc(NS(C)(=O)=O)cc3)c2c1. The van der Waals surface area contributed by atoms with Crippen molar-refractivity contribution in [2.24, 2.45) is 0 Å². The van der Waals surface area contributed by atoms with Gasteiger partial charge in [0.1, 0.15) is 0 Å². The first-order valence-corrected chi connectivity index (χ1v) is 17.6. The first kappa shape index (κ1) is 33.3. The molecule has 0 saturated heterocycles. The lowest BCUT2D eigenvalue weighted by Crippen LogP contribution is -2.18. The summed E-state index contributed by atoms with van der Waals surface area (Å²) in [5.74, 6) is 0.533. The van der Waals surface area contributed by atoms with Gasteiger partial charge < -0.3 is 15.0 Å². The van der Waals surface area contributed by atoms with Crippen LogP contribution < -0.4 is 10.0 Å². The maximum atomic E-state index is 12.6. The predicted octanol–water partition coefficient (Wildman–Crippen LogP) is 7.78. The van der Waals surface area contributed by atoms with Crippen LogP contribution in [0.5, 0.6) is 0 Å². The molecule has 3 N–H and O–H groups in total. The molecule has 0 aliphatic rings. The third-order valence-electron chi connectivity index (χ3n) is 7.89. The number of sulfonamides is 1. The normalized spacial score (nSPS) is 11.9. The molecule has 0 spiro atoms. The number of nitrogens with one attached hydrogen (secondary N) is 3. The zero-order valence-electron chi connectivity index (χ0n) is 26.9. The van der Waals surface area contributed by atoms with Crippen LogP contribution in [0.4, 0.5) is 5.69 Å². The van der Waals surface area contributed by atoms with Crippen molar-refractivity contribution in [1.82, 2.24) is 10.3 Å². The number of hydrogen-bond acceptors (Lipinski definition) is 5. The molecule has 3 aromatic carbocycles. The number of fused-ring (bicyclic) bond motifs is 1. The molecular weight excluding hydrogens is 570 g/mol. The lowest BCUT2D eigenvalue weighted by atomic mass is 9.91. The highest BCUT2D eigenvalue weighted by Gasteiger charge is 2.18. The fourth-order valence-corrected chi connectivity index (χ4v) is 6.02. The first-order chi connectivity index (χ1) is 20.9. The van der Waals surface area contributed by atoms with Crippen molar-refractivity contribution in [3.05, 3.63) is 88.5 Å². The van der Waals surface area contributed by atoms with E-state index < -0.39 is 10.0 Å². The molecule has 8 heteroatoms. The van der Waals surface area contributed by atoms with Crippen molar-refractivity contribution < 1.29 is 17.9 Å². The van der Waals surface area contributed by atoms with E-state index in [4.69, 9.17) is 4.74 Å². The van der Waals surface area contributed by atoms with E-state index >= 15 is 0 Å². The van der Waals surface area contributed by atoms with Gasteiger partial charge in [0, 0.05) is 22.3 Å². The second kappa shape index (κ2) is 14.9. The maximum Gasteiger partial charge on any atom is 0.338 e. The van der Waals surface area contributed by atoms with Gasteiger partial charge in [0.15, 0.2) is 0 Å². The number of unbranched alkanes of at least 4 members (excludes halogenated alkanes) is 1. The Hall–Kier alpha value is -3.62. The minimum absolute atomic E-state index is 0.300. The number of ether oxygens (including phenoxy) is 1. The zero-order valence-corrected chi connectivity index (χ0v) is 27.7. The summed E-state index contributed by atoms with van der Waals surface area (Å²) in [6.45, 7) is 12.8. The van der Waals surface area contributed by atoms with Gasteiger partial charge in [-0.2, -0.15) is 0 Å². The lowest BCUT2D eigenvalue weighted by Gasteiger charge is -2.15. The van der Waals surface area contributed by atoms with Gasteiger partial charge in [-0.15, -0.1) is 0 Å². The summed E-state index contributed by atoms with van der Waals surface area (Å²) < 4.78 is 30.6. The molecule has 7 nitrogen and oxygen atoms in total. The fraction of sp³-hybridized carbons (Fsp3) is 0.417. The van der Waals surface area contributed by atoms with Crippen LogP contribution in [-0.4, -0.2) is 45.3 Å². The lowest BCUT2D eigenvalue weighted by molar-refractivity contribution is 0.0526. The van der Waals surface area contributed by atoms with Crippen LogP contribution in [0.15, 0.2) is 60.7 Å². The van der Waals surface area contributed by atoms with Crippen LogP contribution in [0.2, 0.25) is 0 Å². The molecule has 44 heavy (non-hydrogen) atoms. The van der Waals surface area contributed by atoms with Crippen molar-refractivity contribution in [3.8, 4) is 11.3 Å². The van der Waals surface area contributed by atoms with Gasteiger partial charge in [-0.25, -0.2) is 13.2 Å². The predicted molar refractivity (Wildman–Crippen MR) is 182 cm³/mol. The Morgan fingerprint density at radius 3 is 2.16 bits per heavy atom. The number of carbonyl (C=O) groups is 1. The Bertz CT molecular complexity index is 1650. The summed E-state index contributed by atoms with van der Waals surface area (Å²) in [4.78, 5) is 16.3. The number of esters is 1. The first-order valence-electron chi connectivity index (χ1n) is 15.7. The topological polar surface area (TPSA) is 100 Å². The largest absolute Gasteiger partial charge is 0.462 e. The van der Waals surface area contributed by atoms with Crippen LogP contribution in [0.1, 0.15) is 91.9 Å². The molecule has 0 fully saturated rings. The molecule has 0 aliphatic heterocycles. The van der Waals surface area contributed by atoms with Crippen LogP contribution in [0, 0.1) is 0 Å². The highest BCUT2D eigenvalue weighted by atomic mass is 32.2. The molecule has 0 atom stereocenters. The van der Waals surface area contributed by atoms with E-state index in [2.05, 4.69) is 60.9 Å². The van der Waals surface area contributed by atoms with E-state index in [-0.39, 0.29) is 5.97 Å².